The molecule has 1 aliphatic heterocycles. The van der Waals surface area contributed by atoms with Gasteiger partial charge in [0.05, 0.1) is 12.1 Å². The maximum atomic E-state index is 12.2. The molecule has 0 radical (unpaired) electrons. The number of carbonyl (C=O) groups is 2. The number of nitrogens with one attached hydrogen (secondary N) is 3. The minimum Gasteiger partial charge on any atom is -0.459 e. The Morgan fingerprint density at radius 1 is 1.32 bits per heavy atom. The SMILES string of the molecule is Cc1c(CNC(=O)C=CCc2cnc3c(c2)CNC(C)(C)C(=O)N3)oc2ccccc12. The van der Waals surface area contributed by atoms with Crippen molar-refractivity contribution in [3.8, 4) is 0 Å². The quantitative estimate of drug-likeness (QED) is 0.552. The van der Waals surface area contributed by atoms with Gasteiger partial charge in [-0.25, -0.2) is 4.98 Å². The van der Waals surface area contributed by atoms with Crippen LogP contribution in [0.2, 0.25) is 0 Å². The number of carbonyl (C=O) groups excluding carboxylic acids is 2. The summed E-state index contributed by atoms with van der Waals surface area (Å²) in [5.74, 6) is 1.05. The fourth-order valence-electron chi connectivity index (χ4n) is 3.50. The van der Waals surface area contributed by atoms with E-state index in [0.717, 1.165) is 33.4 Å². The molecular formula is C24H26N4O3. The highest BCUT2D eigenvalue weighted by atomic mass is 16.3. The van der Waals surface area contributed by atoms with Gasteiger partial charge in [0.1, 0.15) is 17.2 Å². The fraction of sp³-hybridized carbons (Fsp3) is 0.292. The van der Waals surface area contributed by atoms with Crippen LogP contribution in [-0.4, -0.2) is 22.3 Å². The van der Waals surface area contributed by atoms with Crippen LogP contribution < -0.4 is 16.0 Å². The molecule has 160 valence electrons. The Morgan fingerprint density at radius 2 is 2.13 bits per heavy atom. The number of pyridine rings is 1. The molecule has 0 bridgehead atoms. The molecule has 0 saturated heterocycles. The third-order valence-corrected chi connectivity index (χ3v) is 5.53. The Balaban J connectivity index is 1.34. The van der Waals surface area contributed by atoms with Crippen molar-refractivity contribution in [2.24, 2.45) is 0 Å². The van der Waals surface area contributed by atoms with Crippen LogP contribution in [0.15, 0.2) is 53.1 Å². The van der Waals surface area contributed by atoms with E-state index in [1.165, 1.54) is 6.08 Å². The number of anilines is 1. The number of aryl methyl sites for hydroxylation is 1. The lowest BCUT2D eigenvalue weighted by Gasteiger charge is -2.21. The van der Waals surface area contributed by atoms with E-state index in [4.69, 9.17) is 4.42 Å². The number of rotatable bonds is 5. The maximum absolute atomic E-state index is 12.2. The van der Waals surface area contributed by atoms with Crippen molar-refractivity contribution in [1.29, 1.82) is 0 Å². The second kappa shape index (κ2) is 8.35. The number of nitrogens with zero attached hydrogens (tertiary/aromatic N) is 1. The van der Waals surface area contributed by atoms with Gasteiger partial charge >= 0.3 is 0 Å². The molecule has 4 rings (SSSR count). The van der Waals surface area contributed by atoms with Crippen molar-refractivity contribution in [3.05, 3.63) is 71.1 Å². The molecular weight excluding hydrogens is 392 g/mol. The Kier molecular flexibility index (Phi) is 5.61. The van der Waals surface area contributed by atoms with Gasteiger partial charge in [-0.3, -0.25) is 14.9 Å². The number of fused-ring (bicyclic) bond motifs is 2. The van der Waals surface area contributed by atoms with Gasteiger partial charge < -0.3 is 15.1 Å². The summed E-state index contributed by atoms with van der Waals surface area (Å²) in [5, 5.41) is 10.0. The molecule has 0 spiro atoms. The molecule has 1 aromatic carbocycles. The van der Waals surface area contributed by atoms with Crippen molar-refractivity contribution in [2.75, 3.05) is 5.32 Å². The first-order valence-corrected chi connectivity index (χ1v) is 10.3. The highest BCUT2D eigenvalue weighted by Gasteiger charge is 2.30. The molecule has 7 heteroatoms. The van der Waals surface area contributed by atoms with E-state index in [2.05, 4.69) is 20.9 Å². The summed E-state index contributed by atoms with van der Waals surface area (Å²) in [7, 11) is 0. The van der Waals surface area contributed by atoms with E-state index < -0.39 is 5.54 Å². The zero-order valence-electron chi connectivity index (χ0n) is 17.9. The van der Waals surface area contributed by atoms with E-state index in [0.29, 0.717) is 25.3 Å². The number of aromatic nitrogens is 1. The second-order valence-corrected chi connectivity index (χ2v) is 8.25. The molecule has 0 unspecified atom stereocenters. The van der Waals surface area contributed by atoms with Crippen molar-refractivity contribution in [3.63, 3.8) is 0 Å². The van der Waals surface area contributed by atoms with E-state index in [1.807, 2.05) is 51.1 Å². The topological polar surface area (TPSA) is 96.3 Å². The van der Waals surface area contributed by atoms with Gasteiger partial charge in [0.25, 0.3) is 0 Å². The third kappa shape index (κ3) is 4.51. The average molecular weight is 418 g/mol. The molecule has 31 heavy (non-hydrogen) atoms. The Labute approximate surface area is 180 Å². The lowest BCUT2D eigenvalue weighted by atomic mass is 10.1. The minimum absolute atomic E-state index is 0.109. The predicted molar refractivity (Wildman–Crippen MR) is 119 cm³/mol. The molecule has 3 heterocycles. The van der Waals surface area contributed by atoms with Gasteiger partial charge in [-0.15, -0.1) is 0 Å². The third-order valence-electron chi connectivity index (χ3n) is 5.53. The maximum Gasteiger partial charge on any atom is 0.245 e. The van der Waals surface area contributed by atoms with Crippen LogP contribution in [0.1, 0.15) is 36.3 Å². The molecule has 1 aliphatic rings. The predicted octanol–water partition coefficient (Wildman–Crippen LogP) is 3.37. The number of hydrogen-bond donors (Lipinski definition) is 3. The smallest absolute Gasteiger partial charge is 0.245 e. The molecule has 0 saturated carbocycles. The van der Waals surface area contributed by atoms with Gasteiger partial charge in [0, 0.05) is 29.3 Å². The number of hydrogen-bond acceptors (Lipinski definition) is 5. The highest BCUT2D eigenvalue weighted by molar-refractivity contribution is 5.98. The van der Waals surface area contributed by atoms with Gasteiger partial charge in [-0.05, 0) is 51.0 Å². The van der Waals surface area contributed by atoms with Crippen molar-refractivity contribution in [1.82, 2.24) is 15.6 Å². The standard InChI is InChI=1S/C24H26N4O3/c1-15-18-8-4-5-9-19(18)31-20(15)14-25-21(29)10-6-7-16-11-17-13-27-24(2,3)23(30)28-22(17)26-12-16/h4-6,8-12,27H,7,13-14H2,1-3H3,(H,25,29)(H,26,28,30). The minimum atomic E-state index is -0.656. The number of benzene rings is 1. The van der Waals surface area contributed by atoms with Gasteiger partial charge in [-0.1, -0.05) is 24.3 Å². The summed E-state index contributed by atoms with van der Waals surface area (Å²) in [6.07, 6.45) is 5.61. The summed E-state index contributed by atoms with van der Waals surface area (Å²) >= 11 is 0. The first-order valence-electron chi connectivity index (χ1n) is 10.3. The highest BCUT2D eigenvalue weighted by Crippen LogP contribution is 2.24. The Bertz CT molecular complexity index is 1180. The monoisotopic (exact) mass is 418 g/mol. The number of amides is 2. The van der Waals surface area contributed by atoms with Gasteiger partial charge in [0.2, 0.25) is 11.8 Å². The van der Waals surface area contributed by atoms with Crippen LogP contribution in [0.3, 0.4) is 0 Å². The lowest BCUT2D eigenvalue weighted by molar-refractivity contribution is -0.121. The molecule has 2 amide bonds. The molecule has 0 aliphatic carbocycles. The van der Waals surface area contributed by atoms with Crippen molar-refractivity contribution >= 4 is 28.6 Å². The van der Waals surface area contributed by atoms with Crippen LogP contribution in [-0.2, 0) is 29.1 Å². The fourth-order valence-corrected chi connectivity index (χ4v) is 3.50. The lowest BCUT2D eigenvalue weighted by Crippen LogP contribution is -2.47. The average Bonchev–Trinajstić information content (AvgIpc) is 3.02. The largest absolute Gasteiger partial charge is 0.459 e. The van der Waals surface area contributed by atoms with E-state index in [1.54, 1.807) is 12.3 Å². The Hall–Kier alpha value is -3.45. The number of allylic oxidation sites excluding steroid dienone is 1. The van der Waals surface area contributed by atoms with Crippen LogP contribution >= 0.6 is 0 Å². The van der Waals surface area contributed by atoms with Crippen LogP contribution in [0.25, 0.3) is 11.0 Å². The normalized spacial score (nSPS) is 15.5. The molecule has 3 aromatic rings. The zero-order chi connectivity index (χ0) is 22.0. The van der Waals surface area contributed by atoms with Crippen LogP contribution in [0, 0.1) is 6.92 Å². The molecule has 2 aromatic heterocycles. The molecule has 0 fully saturated rings. The zero-order valence-corrected chi connectivity index (χ0v) is 17.9. The first-order chi connectivity index (χ1) is 14.8. The molecule has 0 atom stereocenters. The van der Waals surface area contributed by atoms with E-state index in [9.17, 15) is 9.59 Å². The number of para-hydroxylation sites is 1. The molecule has 7 nitrogen and oxygen atoms in total. The first kappa shape index (κ1) is 20.8. The second-order valence-electron chi connectivity index (χ2n) is 8.25. The molecule has 3 N–H and O–H groups in total. The van der Waals surface area contributed by atoms with Crippen molar-refractivity contribution in [2.45, 2.75) is 45.8 Å². The van der Waals surface area contributed by atoms with Crippen LogP contribution in [0.5, 0.6) is 0 Å². The summed E-state index contributed by atoms with van der Waals surface area (Å²) in [5.41, 5.74) is 3.10. The Morgan fingerprint density at radius 3 is 2.94 bits per heavy atom. The van der Waals surface area contributed by atoms with Gasteiger partial charge in [0.15, 0.2) is 0 Å². The summed E-state index contributed by atoms with van der Waals surface area (Å²) in [6.45, 7) is 6.55. The van der Waals surface area contributed by atoms with Gasteiger partial charge in [-0.2, -0.15) is 0 Å². The van der Waals surface area contributed by atoms with Crippen LogP contribution in [0.4, 0.5) is 5.82 Å². The summed E-state index contributed by atoms with van der Waals surface area (Å²) < 4.78 is 5.83. The van der Waals surface area contributed by atoms with E-state index in [-0.39, 0.29) is 11.8 Å². The summed E-state index contributed by atoms with van der Waals surface area (Å²) in [6, 6.07) is 9.83. The number of furan rings is 1. The van der Waals surface area contributed by atoms with E-state index >= 15 is 0 Å². The van der Waals surface area contributed by atoms with Crippen molar-refractivity contribution < 1.29 is 14.0 Å². The summed E-state index contributed by atoms with van der Waals surface area (Å²) in [4.78, 5) is 28.8.